The highest BCUT2D eigenvalue weighted by molar-refractivity contribution is 5.61. The maximum atomic E-state index is 6.18. The SMILES string of the molecule is C#Cc1cnc(N2CCN(c3cc([C@@H]4NNc5ccc(OC6(C)CC6)cc54)ncn3)CC2)cn1. The molecule has 9 heteroatoms. The third-order valence-corrected chi connectivity index (χ3v) is 6.69. The molecule has 0 radical (unpaired) electrons. The summed E-state index contributed by atoms with van der Waals surface area (Å²) in [4.78, 5) is 22.3. The van der Waals surface area contributed by atoms with Crippen LogP contribution < -0.4 is 25.4 Å². The lowest BCUT2D eigenvalue weighted by atomic mass is 10.0. The number of benzene rings is 1. The van der Waals surface area contributed by atoms with Gasteiger partial charge in [-0.2, -0.15) is 0 Å². The van der Waals surface area contributed by atoms with Crippen molar-refractivity contribution < 1.29 is 4.74 Å². The smallest absolute Gasteiger partial charge is 0.147 e. The average Bonchev–Trinajstić information content (AvgIpc) is 3.46. The van der Waals surface area contributed by atoms with E-state index in [0.29, 0.717) is 5.69 Å². The van der Waals surface area contributed by atoms with Crippen LogP contribution in [0.4, 0.5) is 17.3 Å². The highest BCUT2D eigenvalue weighted by Crippen LogP contribution is 2.42. The van der Waals surface area contributed by atoms with Gasteiger partial charge in [0.15, 0.2) is 0 Å². The fourth-order valence-corrected chi connectivity index (χ4v) is 4.40. The van der Waals surface area contributed by atoms with Crippen LogP contribution in [0, 0.1) is 12.3 Å². The number of nitrogens with zero attached hydrogens (tertiary/aromatic N) is 6. The van der Waals surface area contributed by atoms with Crippen molar-refractivity contribution in [2.75, 3.05) is 41.4 Å². The maximum Gasteiger partial charge on any atom is 0.147 e. The highest BCUT2D eigenvalue weighted by atomic mass is 16.5. The summed E-state index contributed by atoms with van der Waals surface area (Å²) in [5.74, 6) is 5.17. The molecule has 1 saturated heterocycles. The Morgan fingerprint density at radius 2 is 1.79 bits per heavy atom. The molecule has 1 aromatic carbocycles. The van der Waals surface area contributed by atoms with Crippen LogP contribution in [0.3, 0.4) is 0 Å². The number of piperazine rings is 1. The van der Waals surface area contributed by atoms with Crippen molar-refractivity contribution in [1.82, 2.24) is 25.4 Å². The van der Waals surface area contributed by atoms with Crippen LogP contribution >= 0.6 is 0 Å². The largest absolute Gasteiger partial charge is 0.488 e. The van der Waals surface area contributed by atoms with Crippen LogP contribution in [0.25, 0.3) is 0 Å². The van der Waals surface area contributed by atoms with Gasteiger partial charge in [-0.05, 0) is 43.9 Å². The van der Waals surface area contributed by atoms with E-state index in [1.807, 2.05) is 6.07 Å². The van der Waals surface area contributed by atoms with Crippen LogP contribution in [0.1, 0.15) is 42.8 Å². The minimum Gasteiger partial charge on any atom is -0.488 e. The van der Waals surface area contributed by atoms with Gasteiger partial charge in [0.2, 0.25) is 0 Å². The summed E-state index contributed by atoms with van der Waals surface area (Å²) >= 11 is 0. The number of hydrazine groups is 1. The first-order valence-corrected chi connectivity index (χ1v) is 11.6. The summed E-state index contributed by atoms with van der Waals surface area (Å²) in [6.07, 6.45) is 12.6. The summed E-state index contributed by atoms with van der Waals surface area (Å²) in [6, 6.07) is 8.20. The molecule has 1 atom stereocenters. The number of anilines is 3. The zero-order valence-corrected chi connectivity index (χ0v) is 19.0. The molecule has 2 aliphatic heterocycles. The van der Waals surface area contributed by atoms with Crippen LogP contribution in [0.5, 0.6) is 5.75 Å². The Hall–Kier alpha value is -3.90. The first kappa shape index (κ1) is 20.7. The summed E-state index contributed by atoms with van der Waals surface area (Å²) < 4.78 is 6.18. The third-order valence-electron chi connectivity index (χ3n) is 6.69. The second-order valence-electron chi connectivity index (χ2n) is 9.18. The van der Waals surface area contributed by atoms with E-state index in [0.717, 1.165) is 73.4 Å². The van der Waals surface area contributed by atoms with Gasteiger partial charge in [0.1, 0.15) is 35.0 Å². The predicted octanol–water partition coefficient (Wildman–Crippen LogP) is 2.53. The van der Waals surface area contributed by atoms with Crippen LogP contribution in [-0.2, 0) is 0 Å². The molecular weight excluding hydrogens is 428 g/mol. The monoisotopic (exact) mass is 454 g/mol. The number of aromatic nitrogens is 4. The quantitative estimate of drug-likeness (QED) is 0.564. The number of ether oxygens (including phenoxy) is 1. The number of rotatable bonds is 5. The lowest BCUT2D eigenvalue weighted by Gasteiger charge is -2.36. The minimum absolute atomic E-state index is 0.0116. The Morgan fingerprint density at radius 3 is 2.50 bits per heavy atom. The molecule has 172 valence electrons. The Kier molecular flexibility index (Phi) is 4.96. The van der Waals surface area contributed by atoms with E-state index < -0.39 is 0 Å². The molecular formula is C25H26N8O. The standard InChI is InChI=1S/C25H26N8O/c1-3-17-14-27-23(15-26-17)33-10-8-32(9-11-33)22-13-21(28-16-29-22)24-19-12-18(34-25(2)6-7-25)4-5-20(19)30-31-24/h1,4-5,12-16,24,30-31H,6-11H2,2H3/t24-/m1/s1. The maximum absolute atomic E-state index is 6.18. The highest BCUT2D eigenvalue weighted by Gasteiger charge is 2.40. The third kappa shape index (κ3) is 3.97. The second-order valence-corrected chi connectivity index (χ2v) is 9.18. The van der Waals surface area contributed by atoms with E-state index >= 15 is 0 Å². The summed E-state index contributed by atoms with van der Waals surface area (Å²) in [6.45, 7) is 5.48. The molecule has 3 aromatic rings. The molecule has 34 heavy (non-hydrogen) atoms. The predicted molar refractivity (Wildman–Crippen MR) is 130 cm³/mol. The van der Waals surface area contributed by atoms with Gasteiger partial charge >= 0.3 is 0 Å². The molecule has 4 heterocycles. The molecule has 2 fully saturated rings. The molecule has 1 aliphatic carbocycles. The van der Waals surface area contributed by atoms with Crippen molar-refractivity contribution >= 4 is 17.3 Å². The van der Waals surface area contributed by atoms with Crippen LogP contribution in [0.2, 0.25) is 0 Å². The lowest BCUT2D eigenvalue weighted by molar-refractivity contribution is 0.200. The minimum atomic E-state index is -0.0708. The number of nitrogens with one attached hydrogen (secondary N) is 2. The van der Waals surface area contributed by atoms with Crippen LogP contribution in [0.15, 0.2) is 43.0 Å². The summed E-state index contributed by atoms with van der Waals surface area (Å²) in [5.41, 5.74) is 10.3. The zero-order valence-electron chi connectivity index (χ0n) is 19.0. The van der Waals surface area contributed by atoms with E-state index in [2.05, 4.69) is 71.6 Å². The van der Waals surface area contributed by atoms with E-state index in [1.165, 1.54) is 0 Å². The first-order valence-electron chi connectivity index (χ1n) is 11.6. The van der Waals surface area contributed by atoms with E-state index in [9.17, 15) is 0 Å². The molecule has 6 rings (SSSR count). The summed E-state index contributed by atoms with van der Waals surface area (Å²) in [7, 11) is 0. The van der Waals surface area contributed by atoms with E-state index in [1.54, 1.807) is 18.7 Å². The molecule has 0 unspecified atom stereocenters. The zero-order chi connectivity index (χ0) is 23.1. The lowest BCUT2D eigenvalue weighted by Crippen LogP contribution is -2.47. The van der Waals surface area contributed by atoms with Crippen molar-refractivity contribution in [2.45, 2.75) is 31.4 Å². The number of hydrogen-bond acceptors (Lipinski definition) is 9. The van der Waals surface area contributed by atoms with Gasteiger partial charge in [0, 0.05) is 37.8 Å². The molecule has 0 spiro atoms. The van der Waals surface area contributed by atoms with Gasteiger partial charge in [0.05, 0.1) is 29.8 Å². The number of hydrogen-bond donors (Lipinski definition) is 2. The first-order chi connectivity index (χ1) is 16.6. The van der Waals surface area contributed by atoms with E-state index in [4.69, 9.17) is 11.2 Å². The number of fused-ring (bicyclic) bond motifs is 1. The van der Waals surface area contributed by atoms with Gasteiger partial charge in [-0.3, -0.25) is 0 Å². The summed E-state index contributed by atoms with van der Waals surface area (Å²) in [5, 5.41) is 0. The Balaban J connectivity index is 1.16. The normalized spacial score (nSPS) is 20.3. The number of terminal acetylenes is 1. The average molecular weight is 455 g/mol. The molecule has 2 aromatic heterocycles. The van der Waals surface area contributed by atoms with Gasteiger partial charge in [-0.25, -0.2) is 25.4 Å². The van der Waals surface area contributed by atoms with Crippen molar-refractivity contribution in [3.05, 3.63) is 59.9 Å². The fraction of sp³-hybridized carbons (Fsp3) is 0.360. The molecule has 3 aliphatic rings. The van der Waals surface area contributed by atoms with Crippen molar-refractivity contribution in [2.24, 2.45) is 0 Å². The Labute approximate surface area is 198 Å². The molecule has 9 nitrogen and oxygen atoms in total. The Morgan fingerprint density at radius 1 is 1.00 bits per heavy atom. The van der Waals surface area contributed by atoms with Gasteiger partial charge in [-0.15, -0.1) is 6.42 Å². The topological polar surface area (TPSA) is 91.3 Å². The molecule has 1 saturated carbocycles. The van der Waals surface area contributed by atoms with Crippen molar-refractivity contribution in [3.63, 3.8) is 0 Å². The second kappa shape index (κ2) is 8.15. The van der Waals surface area contributed by atoms with Gasteiger partial charge < -0.3 is 20.0 Å². The van der Waals surface area contributed by atoms with Crippen LogP contribution in [-0.4, -0.2) is 51.7 Å². The molecule has 0 amide bonds. The fourth-order valence-electron chi connectivity index (χ4n) is 4.40. The van der Waals surface area contributed by atoms with Gasteiger partial charge in [0.25, 0.3) is 0 Å². The van der Waals surface area contributed by atoms with Gasteiger partial charge in [-0.1, -0.05) is 0 Å². The Bertz CT molecular complexity index is 1240. The van der Waals surface area contributed by atoms with E-state index in [-0.39, 0.29) is 11.6 Å². The van der Waals surface area contributed by atoms with Crippen molar-refractivity contribution in [1.29, 1.82) is 0 Å². The molecule has 2 N–H and O–H groups in total. The molecule has 0 bridgehead atoms. The van der Waals surface area contributed by atoms with Crippen molar-refractivity contribution in [3.8, 4) is 18.1 Å².